The van der Waals surface area contributed by atoms with E-state index in [2.05, 4.69) is 10.3 Å². The molecule has 0 aromatic heterocycles. The summed E-state index contributed by atoms with van der Waals surface area (Å²) in [7, 11) is 0. The number of nitrogens with two attached hydrogens (primary N) is 1. The van der Waals surface area contributed by atoms with Gasteiger partial charge in [0.25, 0.3) is 0 Å². The molecule has 0 rings (SSSR count). The molecular weight excluding hydrogens is 194 g/mol. The quantitative estimate of drug-likeness (QED) is 0.362. The maximum atomic E-state index is 9.17. The van der Waals surface area contributed by atoms with Crippen molar-refractivity contribution in [3.05, 3.63) is 0 Å². The minimum Gasteiger partial charge on any atom is -0.394 e. The van der Waals surface area contributed by atoms with E-state index in [-0.39, 0.29) is 19.2 Å². The second kappa shape index (κ2) is 6.63. The van der Waals surface area contributed by atoms with Crippen LogP contribution in [0, 0.1) is 5.92 Å². The van der Waals surface area contributed by atoms with Gasteiger partial charge in [-0.25, -0.2) is 0 Å². The van der Waals surface area contributed by atoms with Crippen molar-refractivity contribution in [1.82, 2.24) is 5.32 Å². The maximum absolute atomic E-state index is 9.17. The molecular formula is C10H23N3O2. The number of nitrogens with one attached hydrogen (secondary N) is 1. The summed E-state index contributed by atoms with van der Waals surface area (Å²) < 4.78 is 0. The second-order valence-corrected chi connectivity index (χ2v) is 4.19. The maximum Gasteiger partial charge on any atom is 0.189 e. The first-order valence-corrected chi connectivity index (χ1v) is 5.29. The molecule has 5 N–H and O–H groups in total. The number of aliphatic hydroxyl groups excluding tert-OH is 2. The fraction of sp³-hybridized carbons (Fsp3) is 0.900. The summed E-state index contributed by atoms with van der Waals surface area (Å²) in [5.41, 5.74) is 4.89. The van der Waals surface area contributed by atoms with Gasteiger partial charge in [-0.1, -0.05) is 20.8 Å². The van der Waals surface area contributed by atoms with Crippen molar-refractivity contribution < 1.29 is 10.2 Å². The average Bonchev–Trinajstić information content (AvgIpc) is 2.23. The third-order valence-electron chi connectivity index (χ3n) is 2.30. The summed E-state index contributed by atoms with van der Waals surface area (Å²) >= 11 is 0. The van der Waals surface area contributed by atoms with Gasteiger partial charge in [-0.15, -0.1) is 0 Å². The van der Waals surface area contributed by atoms with E-state index in [0.717, 1.165) is 0 Å². The lowest BCUT2D eigenvalue weighted by Gasteiger charge is -2.30. The molecule has 0 aliphatic heterocycles. The van der Waals surface area contributed by atoms with E-state index in [1.807, 2.05) is 20.8 Å². The van der Waals surface area contributed by atoms with Crippen molar-refractivity contribution in [3.63, 3.8) is 0 Å². The zero-order chi connectivity index (χ0) is 11.9. The predicted octanol–water partition coefficient (Wildman–Crippen LogP) is -0.320. The van der Waals surface area contributed by atoms with E-state index in [4.69, 9.17) is 15.9 Å². The highest BCUT2D eigenvalue weighted by Crippen LogP contribution is 2.07. The van der Waals surface area contributed by atoms with E-state index < -0.39 is 5.54 Å². The third kappa shape index (κ3) is 4.99. The van der Waals surface area contributed by atoms with E-state index in [0.29, 0.717) is 18.9 Å². The van der Waals surface area contributed by atoms with E-state index in [9.17, 15) is 0 Å². The van der Waals surface area contributed by atoms with Crippen LogP contribution in [-0.4, -0.2) is 41.5 Å². The number of nitrogens with zero attached hydrogens (tertiary/aromatic N) is 1. The van der Waals surface area contributed by atoms with Gasteiger partial charge in [0.15, 0.2) is 5.96 Å². The summed E-state index contributed by atoms with van der Waals surface area (Å²) in [5.74, 6) is 0.707. The second-order valence-electron chi connectivity index (χ2n) is 4.19. The number of rotatable bonds is 6. The molecule has 0 amide bonds. The van der Waals surface area contributed by atoms with Gasteiger partial charge < -0.3 is 21.3 Å². The first-order chi connectivity index (χ1) is 6.99. The highest BCUT2D eigenvalue weighted by atomic mass is 16.3. The van der Waals surface area contributed by atoms with Crippen molar-refractivity contribution in [3.8, 4) is 0 Å². The Morgan fingerprint density at radius 3 is 2.27 bits per heavy atom. The van der Waals surface area contributed by atoms with Crippen molar-refractivity contribution in [2.24, 2.45) is 16.6 Å². The number of hydrogen-bond donors (Lipinski definition) is 4. The molecule has 0 saturated carbocycles. The molecule has 90 valence electrons. The zero-order valence-electron chi connectivity index (χ0n) is 9.82. The molecule has 5 nitrogen and oxygen atoms in total. The van der Waals surface area contributed by atoms with Gasteiger partial charge in [0.05, 0.1) is 18.8 Å². The lowest BCUT2D eigenvalue weighted by Crippen LogP contribution is -2.56. The third-order valence-corrected chi connectivity index (χ3v) is 2.30. The Kier molecular flexibility index (Phi) is 6.27. The molecule has 0 bridgehead atoms. The lowest BCUT2D eigenvalue weighted by atomic mass is 9.99. The summed E-state index contributed by atoms with van der Waals surface area (Å²) in [6.07, 6.45) is 0.581. The summed E-state index contributed by atoms with van der Waals surface area (Å²) in [6, 6.07) is 0. The van der Waals surface area contributed by atoms with E-state index in [1.165, 1.54) is 0 Å². The van der Waals surface area contributed by atoms with Gasteiger partial charge in [0.1, 0.15) is 0 Å². The molecule has 0 aromatic rings. The molecule has 0 aliphatic rings. The van der Waals surface area contributed by atoms with Crippen LogP contribution in [0.15, 0.2) is 4.99 Å². The molecule has 0 saturated heterocycles. The van der Waals surface area contributed by atoms with Crippen LogP contribution in [-0.2, 0) is 0 Å². The van der Waals surface area contributed by atoms with E-state index >= 15 is 0 Å². The topological polar surface area (TPSA) is 90.9 Å². The van der Waals surface area contributed by atoms with Crippen LogP contribution in [0.5, 0.6) is 0 Å². The highest BCUT2D eigenvalue weighted by Gasteiger charge is 2.26. The van der Waals surface area contributed by atoms with Crippen LogP contribution in [0.1, 0.15) is 27.2 Å². The first kappa shape index (κ1) is 14.2. The fourth-order valence-electron chi connectivity index (χ4n) is 1.03. The zero-order valence-corrected chi connectivity index (χ0v) is 9.82. The monoisotopic (exact) mass is 217 g/mol. The molecule has 0 unspecified atom stereocenters. The smallest absolute Gasteiger partial charge is 0.189 e. The van der Waals surface area contributed by atoms with Crippen molar-refractivity contribution in [2.45, 2.75) is 32.7 Å². The van der Waals surface area contributed by atoms with Crippen LogP contribution in [0.2, 0.25) is 0 Å². The van der Waals surface area contributed by atoms with Crippen molar-refractivity contribution in [2.75, 3.05) is 19.8 Å². The van der Waals surface area contributed by atoms with Crippen LogP contribution < -0.4 is 11.1 Å². The Morgan fingerprint density at radius 1 is 1.40 bits per heavy atom. The number of hydrogen-bond acceptors (Lipinski definition) is 3. The minimum atomic E-state index is -0.759. The van der Waals surface area contributed by atoms with Crippen LogP contribution in [0.4, 0.5) is 0 Å². The van der Waals surface area contributed by atoms with E-state index in [1.54, 1.807) is 0 Å². The van der Waals surface area contributed by atoms with Crippen LogP contribution in [0.25, 0.3) is 0 Å². The van der Waals surface area contributed by atoms with Gasteiger partial charge >= 0.3 is 0 Å². The standard InChI is InChI=1S/C10H23N3O2/c1-4-10(6-14,7-15)13-9(11)12-5-8(2)3/h8,14-15H,4-7H2,1-3H3,(H3,11,12,13). The molecule has 0 aromatic carbocycles. The van der Waals surface area contributed by atoms with Gasteiger partial charge in [-0.3, -0.25) is 4.99 Å². The molecule has 0 heterocycles. The summed E-state index contributed by atoms with van der Waals surface area (Å²) in [6.45, 7) is 6.25. The first-order valence-electron chi connectivity index (χ1n) is 5.29. The SMILES string of the molecule is CCC(CO)(CO)NC(N)=NCC(C)C. The van der Waals surface area contributed by atoms with Crippen molar-refractivity contribution in [1.29, 1.82) is 0 Å². The minimum absolute atomic E-state index is 0.169. The Labute approximate surface area is 91.4 Å². The predicted molar refractivity (Wildman–Crippen MR) is 61.7 cm³/mol. The van der Waals surface area contributed by atoms with Gasteiger partial charge in [0.2, 0.25) is 0 Å². The molecule has 15 heavy (non-hydrogen) atoms. The van der Waals surface area contributed by atoms with Crippen LogP contribution >= 0.6 is 0 Å². The largest absolute Gasteiger partial charge is 0.394 e. The number of aliphatic imine (C=N–C) groups is 1. The summed E-state index contributed by atoms with van der Waals surface area (Å²) in [5, 5.41) is 21.2. The highest BCUT2D eigenvalue weighted by molar-refractivity contribution is 5.78. The number of guanidine groups is 1. The fourth-order valence-corrected chi connectivity index (χ4v) is 1.03. The van der Waals surface area contributed by atoms with Crippen LogP contribution in [0.3, 0.4) is 0 Å². The Hall–Kier alpha value is -0.810. The summed E-state index contributed by atoms with van der Waals surface area (Å²) in [4.78, 5) is 4.11. The molecule has 0 atom stereocenters. The molecule has 0 radical (unpaired) electrons. The van der Waals surface area contributed by atoms with Gasteiger partial charge in [-0.2, -0.15) is 0 Å². The average molecular weight is 217 g/mol. The number of aliphatic hydroxyl groups is 2. The Balaban J connectivity index is 4.34. The molecule has 0 aliphatic carbocycles. The van der Waals surface area contributed by atoms with Gasteiger partial charge in [-0.05, 0) is 12.3 Å². The molecule has 0 fully saturated rings. The van der Waals surface area contributed by atoms with Gasteiger partial charge in [0, 0.05) is 6.54 Å². The molecule has 5 heteroatoms. The Morgan fingerprint density at radius 2 is 1.93 bits per heavy atom. The Bertz CT molecular complexity index is 193. The normalized spacial score (nSPS) is 13.3. The molecule has 0 spiro atoms. The van der Waals surface area contributed by atoms with Crippen molar-refractivity contribution >= 4 is 5.96 Å². The lowest BCUT2D eigenvalue weighted by molar-refractivity contribution is 0.103.